The molecule has 3 aromatic carbocycles. The fourth-order valence-corrected chi connectivity index (χ4v) is 2.66. The molecular weight excluding hydrogens is 369 g/mol. The Balaban J connectivity index is 1.84. The maximum absolute atomic E-state index is 14.5. The molecule has 0 N–H and O–H groups in total. The highest BCUT2D eigenvalue weighted by Gasteiger charge is 2.35. The second kappa shape index (κ2) is 8.25. The molecule has 0 bridgehead atoms. The molecule has 28 heavy (non-hydrogen) atoms. The largest absolute Gasteiger partial charge is 0.494 e. The average Bonchev–Trinajstić information content (AvgIpc) is 2.67. The van der Waals surface area contributed by atoms with Gasteiger partial charge < -0.3 is 14.2 Å². The number of rotatable bonds is 8. The van der Waals surface area contributed by atoms with Crippen LogP contribution in [0.15, 0.2) is 67.3 Å². The second-order valence-corrected chi connectivity index (χ2v) is 5.97. The lowest BCUT2D eigenvalue weighted by molar-refractivity contribution is -0.186. The zero-order valence-electron chi connectivity index (χ0n) is 15.3. The van der Waals surface area contributed by atoms with Crippen molar-refractivity contribution in [3.05, 3.63) is 78.6 Å². The monoisotopic (exact) mass is 388 g/mol. The Morgan fingerprint density at radius 2 is 1.64 bits per heavy atom. The van der Waals surface area contributed by atoms with Gasteiger partial charge in [-0.1, -0.05) is 18.7 Å². The molecule has 0 aliphatic heterocycles. The Kier molecular flexibility index (Phi) is 5.78. The maximum Gasteiger partial charge on any atom is 0.426 e. The predicted octanol–water partition coefficient (Wildman–Crippen LogP) is 6.07. The van der Waals surface area contributed by atoms with E-state index in [1.807, 2.05) is 6.92 Å². The number of ether oxygens (including phenoxy) is 3. The van der Waals surface area contributed by atoms with Gasteiger partial charge in [0, 0.05) is 0 Å². The first-order chi connectivity index (χ1) is 13.4. The molecule has 0 saturated carbocycles. The van der Waals surface area contributed by atoms with E-state index < -0.39 is 23.2 Å². The zero-order valence-corrected chi connectivity index (χ0v) is 15.3. The third kappa shape index (κ3) is 4.39. The Bertz CT molecular complexity index is 969. The molecule has 0 fully saturated rings. The molecule has 0 saturated heterocycles. The van der Waals surface area contributed by atoms with E-state index in [2.05, 4.69) is 6.58 Å². The van der Waals surface area contributed by atoms with Crippen molar-refractivity contribution >= 4 is 10.8 Å². The summed E-state index contributed by atoms with van der Waals surface area (Å²) in [6, 6.07) is 12.5. The summed E-state index contributed by atoms with van der Waals surface area (Å²) in [7, 11) is 0. The Labute approximate surface area is 161 Å². The average molecular weight is 388 g/mol. The number of hydrogen-bond donors (Lipinski definition) is 0. The van der Waals surface area contributed by atoms with E-state index in [9.17, 15) is 13.2 Å². The van der Waals surface area contributed by atoms with Crippen molar-refractivity contribution in [1.82, 2.24) is 0 Å². The lowest BCUT2D eigenvalue weighted by atomic mass is 10.1. The summed E-state index contributed by atoms with van der Waals surface area (Å²) in [6.45, 7) is 6.09. The molecule has 0 spiro atoms. The highest BCUT2D eigenvalue weighted by atomic mass is 19.3. The number of hydrogen-bond acceptors (Lipinski definition) is 3. The fraction of sp³-hybridized carbons (Fsp3) is 0.182. The first-order valence-corrected chi connectivity index (χ1v) is 8.70. The van der Waals surface area contributed by atoms with E-state index in [1.54, 1.807) is 24.3 Å². The van der Waals surface area contributed by atoms with Gasteiger partial charge in [0.2, 0.25) is 0 Å². The van der Waals surface area contributed by atoms with Gasteiger partial charge in [0.1, 0.15) is 18.1 Å². The van der Waals surface area contributed by atoms with Crippen molar-refractivity contribution < 1.29 is 27.4 Å². The number of fused-ring (bicyclic) bond motifs is 1. The molecule has 0 aliphatic rings. The van der Waals surface area contributed by atoms with Crippen molar-refractivity contribution in [2.24, 2.45) is 0 Å². The Hall–Kier alpha value is -3.15. The number of alkyl halides is 2. The van der Waals surface area contributed by atoms with Crippen LogP contribution in [0.5, 0.6) is 17.2 Å². The summed E-state index contributed by atoms with van der Waals surface area (Å²) in [4.78, 5) is 0. The third-order valence-electron chi connectivity index (χ3n) is 3.97. The highest BCUT2D eigenvalue weighted by Crippen LogP contribution is 2.36. The van der Waals surface area contributed by atoms with Crippen LogP contribution in [0.25, 0.3) is 10.8 Å². The summed E-state index contributed by atoms with van der Waals surface area (Å²) in [6.07, 6.45) is -2.16. The van der Waals surface area contributed by atoms with E-state index in [-0.39, 0.29) is 6.61 Å². The van der Waals surface area contributed by atoms with Gasteiger partial charge in [0.05, 0.1) is 12.2 Å². The molecule has 0 heterocycles. The van der Waals surface area contributed by atoms with E-state index in [0.29, 0.717) is 28.9 Å². The normalized spacial score (nSPS) is 11.3. The molecule has 0 atom stereocenters. The van der Waals surface area contributed by atoms with Crippen molar-refractivity contribution in [1.29, 1.82) is 0 Å². The van der Waals surface area contributed by atoms with E-state index in [4.69, 9.17) is 14.2 Å². The van der Waals surface area contributed by atoms with Gasteiger partial charge in [-0.15, -0.1) is 0 Å². The molecule has 6 heteroatoms. The first-order valence-electron chi connectivity index (χ1n) is 8.70. The van der Waals surface area contributed by atoms with Gasteiger partial charge in [0.25, 0.3) is 0 Å². The lowest BCUT2D eigenvalue weighted by Gasteiger charge is -2.19. The molecule has 0 unspecified atom stereocenters. The Morgan fingerprint density at radius 3 is 2.32 bits per heavy atom. The minimum atomic E-state index is -3.71. The van der Waals surface area contributed by atoms with Gasteiger partial charge >= 0.3 is 6.11 Å². The molecule has 0 aliphatic carbocycles. The lowest BCUT2D eigenvalue weighted by Crippen LogP contribution is -2.22. The van der Waals surface area contributed by atoms with Gasteiger partial charge in [-0.05, 0) is 66.2 Å². The van der Waals surface area contributed by atoms with Crippen LogP contribution in [0.4, 0.5) is 13.2 Å². The van der Waals surface area contributed by atoms with Crippen molar-refractivity contribution in [2.75, 3.05) is 13.2 Å². The molecule has 3 aromatic rings. The minimum absolute atomic E-state index is 0.263. The fourth-order valence-electron chi connectivity index (χ4n) is 2.66. The van der Waals surface area contributed by atoms with Crippen molar-refractivity contribution in [2.45, 2.75) is 13.0 Å². The van der Waals surface area contributed by atoms with Crippen LogP contribution in [0.1, 0.15) is 12.5 Å². The van der Waals surface area contributed by atoms with Crippen LogP contribution >= 0.6 is 0 Å². The quantitative estimate of drug-likeness (QED) is 0.438. The molecule has 146 valence electrons. The predicted molar refractivity (Wildman–Crippen MR) is 102 cm³/mol. The van der Waals surface area contributed by atoms with E-state index in [1.165, 1.54) is 30.3 Å². The second-order valence-electron chi connectivity index (χ2n) is 5.97. The molecule has 0 amide bonds. The smallest absolute Gasteiger partial charge is 0.426 e. The molecule has 0 aromatic heterocycles. The summed E-state index contributed by atoms with van der Waals surface area (Å²) < 4.78 is 58.7. The molecule has 0 radical (unpaired) electrons. The zero-order chi connectivity index (χ0) is 20.1. The van der Waals surface area contributed by atoms with Crippen LogP contribution in [-0.4, -0.2) is 13.2 Å². The summed E-state index contributed by atoms with van der Waals surface area (Å²) in [5, 5.41) is 1.09. The van der Waals surface area contributed by atoms with Gasteiger partial charge in [-0.2, -0.15) is 8.78 Å². The van der Waals surface area contributed by atoms with Crippen LogP contribution in [-0.2, 0) is 6.11 Å². The van der Waals surface area contributed by atoms with E-state index >= 15 is 0 Å². The molecule has 3 rings (SSSR count). The minimum Gasteiger partial charge on any atom is -0.494 e. The number of halogens is 3. The SMILES string of the molecule is C=CCOc1ccc(C(F)(F)Oc2cc3ccc(OCC)cc3cc2F)cc1. The number of benzene rings is 3. The van der Waals surface area contributed by atoms with Crippen molar-refractivity contribution in [3.8, 4) is 17.2 Å². The van der Waals surface area contributed by atoms with Gasteiger partial charge in [0.15, 0.2) is 11.6 Å². The summed E-state index contributed by atoms with van der Waals surface area (Å²) in [5.41, 5.74) is -0.412. The third-order valence-corrected chi connectivity index (χ3v) is 3.97. The van der Waals surface area contributed by atoms with Crippen molar-refractivity contribution in [3.63, 3.8) is 0 Å². The van der Waals surface area contributed by atoms with Crippen LogP contribution in [0.3, 0.4) is 0 Å². The van der Waals surface area contributed by atoms with E-state index in [0.717, 1.165) is 6.07 Å². The van der Waals surface area contributed by atoms with Gasteiger partial charge in [-0.3, -0.25) is 0 Å². The molecular formula is C22H19F3O3. The maximum atomic E-state index is 14.5. The standard InChI is InChI=1S/C22H19F3O3/c1-3-11-27-18-9-6-17(7-10-18)22(24,25)28-21-14-15-5-8-19(26-4-2)12-16(15)13-20(21)23/h3,5-10,12-14H,1,4,11H2,2H3. The Morgan fingerprint density at radius 1 is 0.929 bits per heavy atom. The first kappa shape index (κ1) is 19.6. The summed E-state index contributed by atoms with van der Waals surface area (Å²) >= 11 is 0. The highest BCUT2D eigenvalue weighted by molar-refractivity contribution is 5.85. The van der Waals surface area contributed by atoms with Crippen LogP contribution in [0.2, 0.25) is 0 Å². The van der Waals surface area contributed by atoms with Gasteiger partial charge in [-0.25, -0.2) is 4.39 Å². The molecule has 3 nitrogen and oxygen atoms in total. The van der Waals surface area contributed by atoms with Crippen LogP contribution in [0, 0.1) is 5.82 Å². The topological polar surface area (TPSA) is 27.7 Å². The van der Waals surface area contributed by atoms with Crippen LogP contribution < -0.4 is 14.2 Å². The summed E-state index contributed by atoms with van der Waals surface area (Å²) in [5.74, 6) is -0.422.